The number of nitrogens with one attached hydrogen (secondary N) is 1. The molecule has 0 atom stereocenters. The lowest BCUT2D eigenvalue weighted by molar-refractivity contribution is 0.349. The summed E-state index contributed by atoms with van der Waals surface area (Å²) in [5.41, 5.74) is 0. The molecule has 0 aromatic carbocycles. The summed E-state index contributed by atoms with van der Waals surface area (Å²) in [5.74, 6) is 1.06. The molecule has 0 aliphatic heterocycles. The third kappa shape index (κ3) is 2.57. The quantitative estimate of drug-likeness (QED) is 0.855. The van der Waals surface area contributed by atoms with Gasteiger partial charge in [-0.3, -0.25) is 4.57 Å². The summed E-state index contributed by atoms with van der Waals surface area (Å²) >= 11 is 5.47. The number of aromatic nitrogens is 3. The summed E-state index contributed by atoms with van der Waals surface area (Å²) in [6.07, 6.45) is 11.8. The summed E-state index contributed by atoms with van der Waals surface area (Å²) in [6, 6.07) is 1.20. The van der Waals surface area contributed by atoms with E-state index in [1.807, 2.05) is 0 Å². The van der Waals surface area contributed by atoms with Gasteiger partial charge in [-0.1, -0.05) is 32.1 Å². The van der Waals surface area contributed by atoms with Crippen LogP contribution in [0.2, 0.25) is 0 Å². The maximum atomic E-state index is 5.47. The standard InChI is InChI=1S/C14H24N4S/c1-17(11-7-5-6-8-11)13-15-16-14(19)18(13)12-9-3-2-4-10-12/h11-12H,2-10H2,1H3,(H,16,19). The summed E-state index contributed by atoms with van der Waals surface area (Å²) in [4.78, 5) is 2.36. The second-order valence-corrected chi connectivity index (χ2v) is 6.43. The van der Waals surface area contributed by atoms with E-state index in [0.29, 0.717) is 12.1 Å². The van der Waals surface area contributed by atoms with Crippen molar-refractivity contribution in [1.29, 1.82) is 0 Å². The Morgan fingerprint density at radius 3 is 2.42 bits per heavy atom. The van der Waals surface area contributed by atoms with Crippen LogP contribution in [-0.4, -0.2) is 27.9 Å². The molecular formula is C14H24N4S. The number of nitrogens with zero attached hydrogens (tertiary/aromatic N) is 3. The van der Waals surface area contributed by atoms with E-state index in [4.69, 9.17) is 12.2 Å². The Labute approximate surface area is 120 Å². The molecule has 1 aromatic rings. The molecule has 0 amide bonds. The summed E-state index contributed by atoms with van der Waals surface area (Å²) < 4.78 is 3.08. The van der Waals surface area contributed by atoms with Gasteiger partial charge in [-0.2, -0.15) is 0 Å². The van der Waals surface area contributed by atoms with Gasteiger partial charge in [-0.25, -0.2) is 5.10 Å². The first-order valence-corrected chi connectivity index (χ1v) is 8.08. The average Bonchev–Trinajstić information content (AvgIpc) is 3.08. The third-order valence-corrected chi connectivity index (χ3v) is 5.10. The minimum atomic E-state index is 0.554. The predicted octanol–water partition coefficient (Wildman–Crippen LogP) is 3.82. The minimum Gasteiger partial charge on any atom is -0.341 e. The number of aromatic amines is 1. The Kier molecular flexibility index (Phi) is 3.91. The highest BCUT2D eigenvalue weighted by Gasteiger charge is 2.26. The monoisotopic (exact) mass is 280 g/mol. The van der Waals surface area contributed by atoms with Crippen LogP contribution in [0.3, 0.4) is 0 Å². The molecule has 5 heteroatoms. The highest BCUT2D eigenvalue weighted by molar-refractivity contribution is 7.71. The van der Waals surface area contributed by atoms with Gasteiger partial charge in [-0.15, -0.1) is 5.10 Å². The Morgan fingerprint density at radius 1 is 1.11 bits per heavy atom. The minimum absolute atomic E-state index is 0.554. The molecule has 0 radical (unpaired) electrons. The molecule has 0 unspecified atom stereocenters. The van der Waals surface area contributed by atoms with Crippen LogP contribution in [0.5, 0.6) is 0 Å². The fourth-order valence-corrected chi connectivity index (χ4v) is 3.94. The summed E-state index contributed by atoms with van der Waals surface area (Å²) in [5, 5.41) is 7.52. The average molecular weight is 280 g/mol. The third-order valence-electron chi connectivity index (χ3n) is 4.81. The van der Waals surface area contributed by atoms with Crippen LogP contribution in [0.25, 0.3) is 0 Å². The molecule has 2 fully saturated rings. The van der Waals surface area contributed by atoms with Crippen LogP contribution in [0.15, 0.2) is 0 Å². The van der Waals surface area contributed by atoms with Gasteiger partial charge in [0.2, 0.25) is 5.95 Å². The highest BCUT2D eigenvalue weighted by atomic mass is 32.1. The van der Waals surface area contributed by atoms with Crippen molar-refractivity contribution in [3.63, 3.8) is 0 Å². The lowest BCUT2D eigenvalue weighted by Gasteiger charge is -2.30. The van der Waals surface area contributed by atoms with Crippen molar-refractivity contribution in [1.82, 2.24) is 14.8 Å². The van der Waals surface area contributed by atoms with Crippen LogP contribution in [0.1, 0.15) is 63.8 Å². The van der Waals surface area contributed by atoms with Crippen LogP contribution < -0.4 is 4.90 Å². The van der Waals surface area contributed by atoms with Gasteiger partial charge in [0.25, 0.3) is 0 Å². The smallest absolute Gasteiger partial charge is 0.225 e. The molecular weight excluding hydrogens is 256 g/mol. The van der Waals surface area contributed by atoms with E-state index in [1.165, 1.54) is 57.8 Å². The molecule has 2 saturated carbocycles. The van der Waals surface area contributed by atoms with Crippen molar-refractivity contribution in [3.8, 4) is 0 Å². The highest BCUT2D eigenvalue weighted by Crippen LogP contribution is 2.33. The van der Waals surface area contributed by atoms with E-state index in [1.54, 1.807) is 0 Å². The molecule has 106 valence electrons. The lowest BCUT2D eigenvalue weighted by atomic mass is 9.95. The SMILES string of the molecule is CN(c1n[nH]c(=S)n1C1CCCCC1)C1CCCC1. The molecule has 1 heterocycles. The van der Waals surface area contributed by atoms with Crippen LogP contribution in [0, 0.1) is 4.77 Å². The summed E-state index contributed by atoms with van der Waals surface area (Å²) in [6.45, 7) is 0. The van der Waals surface area contributed by atoms with Gasteiger partial charge < -0.3 is 4.90 Å². The van der Waals surface area contributed by atoms with Crippen molar-refractivity contribution < 1.29 is 0 Å². The summed E-state index contributed by atoms with van der Waals surface area (Å²) in [7, 11) is 2.18. The largest absolute Gasteiger partial charge is 0.341 e. The Balaban J connectivity index is 1.86. The lowest BCUT2D eigenvalue weighted by Crippen LogP contribution is -2.32. The molecule has 3 rings (SSSR count). The number of H-pyrrole nitrogens is 1. The molecule has 19 heavy (non-hydrogen) atoms. The second kappa shape index (κ2) is 5.65. The van der Waals surface area contributed by atoms with E-state index < -0.39 is 0 Å². The van der Waals surface area contributed by atoms with Gasteiger partial charge >= 0.3 is 0 Å². The maximum absolute atomic E-state index is 5.47. The molecule has 2 aliphatic rings. The zero-order valence-electron chi connectivity index (χ0n) is 11.8. The maximum Gasteiger partial charge on any atom is 0.225 e. The second-order valence-electron chi connectivity index (χ2n) is 6.04. The number of hydrogen-bond acceptors (Lipinski definition) is 3. The zero-order valence-corrected chi connectivity index (χ0v) is 12.6. The fraction of sp³-hybridized carbons (Fsp3) is 0.857. The zero-order chi connectivity index (χ0) is 13.2. The number of hydrogen-bond donors (Lipinski definition) is 1. The van der Waals surface area contributed by atoms with Crippen molar-refractivity contribution in [2.45, 2.75) is 69.9 Å². The van der Waals surface area contributed by atoms with Gasteiger partial charge in [0.15, 0.2) is 4.77 Å². The molecule has 0 spiro atoms. The molecule has 1 N–H and O–H groups in total. The van der Waals surface area contributed by atoms with Gasteiger partial charge in [0.05, 0.1) is 0 Å². The first-order valence-electron chi connectivity index (χ1n) is 7.67. The number of rotatable bonds is 3. The van der Waals surface area contributed by atoms with Crippen LogP contribution in [-0.2, 0) is 0 Å². The normalized spacial score (nSPS) is 21.9. The topological polar surface area (TPSA) is 36.9 Å². The number of anilines is 1. The molecule has 4 nitrogen and oxygen atoms in total. The van der Waals surface area contributed by atoms with Crippen LogP contribution >= 0.6 is 12.2 Å². The van der Waals surface area contributed by atoms with E-state index in [9.17, 15) is 0 Å². The van der Waals surface area contributed by atoms with Gasteiger partial charge in [0, 0.05) is 19.1 Å². The molecule has 2 aliphatic carbocycles. The first-order chi connectivity index (χ1) is 9.27. The molecule has 0 bridgehead atoms. The Morgan fingerprint density at radius 2 is 1.74 bits per heavy atom. The van der Waals surface area contributed by atoms with E-state index in [2.05, 4.69) is 26.7 Å². The van der Waals surface area contributed by atoms with Crippen LogP contribution in [0.4, 0.5) is 5.95 Å². The Bertz CT molecular complexity index is 466. The van der Waals surface area contributed by atoms with Gasteiger partial charge in [-0.05, 0) is 37.9 Å². The predicted molar refractivity (Wildman–Crippen MR) is 80.2 cm³/mol. The van der Waals surface area contributed by atoms with E-state index >= 15 is 0 Å². The fourth-order valence-electron chi connectivity index (χ4n) is 3.67. The van der Waals surface area contributed by atoms with E-state index in [-0.39, 0.29) is 0 Å². The Hall–Kier alpha value is -0.840. The molecule has 1 aromatic heterocycles. The van der Waals surface area contributed by atoms with Gasteiger partial charge in [0.1, 0.15) is 0 Å². The van der Waals surface area contributed by atoms with Crippen molar-refractivity contribution in [2.75, 3.05) is 11.9 Å². The van der Waals surface area contributed by atoms with Crippen molar-refractivity contribution >= 4 is 18.2 Å². The molecule has 0 saturated heterocycles. The van der Waals surface area contributed by atoms with E-state index in [0.717, 1.165) is 10.7 Å². The van der Waals surface area contributed by atoms with Crippen molar-refractivity contribution in [2.24, 2.45) is 0 Å². The van der Waals surface area contributed by atoms with Crippen molar-refractivity contribution in [3.05, 3.63) is 4.77 Å². The first kappa shape index (κ1) is 13.2.